The van der Waals surface area contributed by atoms with Crippen LogP contribution in [-0.4, -0.2) is 18.5 Å². The zero-order chi connectivity index (χ0) is 18.6. The largest absolute Gasteiger partial charge is 1.00 e. The predicted octanol–water partition coefficient (Wildman–Crippen LogP) is 2.97. The molecular formula is C24H30AuClP2. The van der Waals surface area contributed by atoms with Gasteiger partial charge in [-0.2, -0.15) is 0 Å². The van der Waals surface area contributed by atoms with Crippen molar-refractivity contribution in [3.05, 3.63) is 91.0 Å². The van der Waals surface area contributed by atoms with Gasteiger partial charge in [-0.1, -0.05) is 112 Å². The van der Waals surface area contributed by atoms with Gasteiger partial charge in [0.05, 0.1) is 0 Å². The Labute approximate surface area is 196 Å². The fourth-order valence-corrected chi connectivity index (χ4v) is 6.50. The minimum absolute atomic E-state index is 0. The van der Waals surface area contributed by atoms with Crippen molar-refractivity contribution in [2.24, 2.45) is 0 Å². The Kier molecular flexibility index (Phi) is 16.1. The molecule has 0 nitrogen and oxygen atoms in total. The van der Waals surface area contributed by atoms with Gasteiger partial charge in [-0.15, -0.1) is 7.92 Å². The second kappa shape index (κ2) is 16.4. The van der Waals surface area contributed by atoms with Crippen molar-refractivity contribution in [3.63, 3.8) is 0 Å². The SMILES string of the molecule is CCP(CC)CC.[Au+].[Cl-].c1ccc(P(c2ccccc2)c2ccccc2)cc1. The van der Waals surface area contributed by atoms with E-state index in [1.165, 1.54) is 34.4 Å². The van der Waals surface area contributed by atoms with E-state index in [1.54, 1.807) is 0 Å². The molecule has 0 aliphatic carbocycles. The van der Waals surface area contributed by atoms with E-state index in [0.29, 0.717) is 7.92 Å². The van der Waals surface area contributed by atoms with Gasteiger partial charge in [0.15, 0.2) is 0 Å². The van der Waals surface area contributed by atoms with Gasteiger partial charge >= 0.3 is 22.4 Å². The van der Waals surface area contributed by atoms with Gasteiger partial charge in [0.2, 0.25) is 0 Å². The van der Waals surface area contributed by atoms with Crippen molar-refractivity contribution < 1.29 is 34.8 Å². The zero-order valence-corrected chi connectivity index (χ0v) is 21.6. The first-order valence-electron chi connectivity index (χ1n) is 9.47. The molecule has 0 saturated heterocycles. The summed E-state index contributed by atoms with van der Waals surface area (Å²) in [7, 11) is -0.000000000000000111. The summed E-state index contributed by atoms with van der Waals surface area (Å²) >= 11 is 0. The molecule has 154 valence electrons. The van der Waals surface area contributed by atoms with Crippen LogP contribution >= 0.6 is 15.8 Å². The Balaban J connectivity index is 0.000000707. The Morgan fingerprint density at radius 2 is 0.750 bits per heavy atom. The summed E-state index contributed by atoms with van der Waals surface area (Å²) in [5, 5.41) is 4.19. The van der Waals surface area contributed by atoms with E-state index in [2.05, 4.69) is 112 Å². The Morgan fingerprint density at radius 1 is 0.500 bits per heavy atom. The van der Waals surface area contributed by atoms with Gasteiger partial charge in [-0.05, 0) is 42.3 Å². The monoisotopic (exact) mass is 612 g/mol. The zero-order valence-electron chi connectivity index (χ0n) is 16.9. The molecule has 0 unspecified atom stereocenters. The van der Waals surface area contributed by atoms with E-state index < -0.39 is 7.92 Å². The number of benzene rings is 3. The van der Waals surface area contributed by atoms with E-state index >= 15 is 0 Å². The summed E-state index contributed by atoms with van der Waals surface area (Å²) < 4.78 is 0. The molecule has 0 amide bonds. The van der Waals surface area contributed by atoms with E-state index in [9.17, 15) is 0 Å². The number of rotatable bonds is 6. The average molecular weight is 613 g/mol. The number of hydrogen-bond donors (Lipinski definition) is 0. The molecule has 0 saturated carbocycles. The van der Waals surface area contributed by atoms with Crippen LogP contribution < -0.4 is 28.3 Å². The minimum atomic E-state index is -0.446. The maximum atomic E-state index is 2.29. The van der Waals surface area contributed by atoms with Crippen molar-refractivity contribution in [3.8, 4) is 0 Å². The molecule has 0 N–H and O–H groups in total. The van der Waals surface area contributed by atoms with Gasteiger partial charge in [0.25, 0.3) is 0 Å². The van der Waals surface area contributed by atoms with Crippen LogP contribution in [0.25, 0.3) is 0 Å². The summed E-state index contributed by atoms with van der Waals surface area (Å²) in [4.78, 5) is 0. The molecule has 0 aliphatic rings. The van der Waals surface area contributed by atoms with Crippen LogP contribution in [0.5, 0.6) is 0 Å². The van der Waals surface area contributed by atoms with Crippen molar-refractivity contribution in [2.45, 2.75) is 20.8 Å². The van der Waals surface area contributed by atoms with Crippen molar-refractivity contribution in [2.75, 3.05) is 18.5 Å². The van der Waals surface area contributed by atoms with Gasteiger partial charge in [-0.25, -0.2) is 0 Å². The fraction of sp³-hybridized carbons (Fsp3) is 0.250. The average Bonchev–Trinajstić information content (AvgIpc) is 2.72. The molecule has 0 aromatic heterocycles. The summed E-state index contributed by atoms with van der Waals surface area (Å²) in [6.45, 7) is 6.87. The van der Waals surface area contributed by atoms with Gasteiger partial charge in [-0.3, -0.25) is 0 Å². The molecule has 0 bridgehead atoms. The Morgan fingerprint density at radius 3 is 0.929 bits per heavy atom. The Bertz CT molecular complexity index is 620. The Hall–Kier alpha value is -0.450. The van der Waals surface area contributed by atoms with Crippen LogP contribution in [0.1, 0.15) is 20.8 Å². The summed E-state index contributed by atoms with van der Waals surface area (Å²) in [6, 6.07) is 32.3. The predicted molar refractivity (Wildman–Crippen MR) is 124 cm³/mol. The standard InChI is InChI=1S/C18H15P.C6H15P.Au.ClH/c1-4-10-16(11-5-1)19(17-12-6-2-7-13-17)18-14-8-3-9-15-18;1-4-7(5-2)6-3;;/h1-15H;4-6H2,1-3H3;;1H/q;;+1;/p-1. The third kappa shape index (κ3) is 8.92. The van der Waals surface area contributed by atoms with Gasteiger partial charge < -0.3 is 12.4 Å². The summed E-state index contributed by atoms with van der Waals surface area (Å²) in [5.41, 5.74) is 0. The van der Waals surface area contributed by atoms with Crippen LogP contribution in [0.3, 0.4) is 0 Å². The van der Waals surface area contributed by atoms with E-state index in [1.807, 2.05) is 0 Å². The molecule has 3 aromatic carbocycles. The maximum absolute atomic E-state index is 2.29. The topological polar surface area (TPSA) is 0 Å². The maximum Gasteiger partial charge on any atom is 1.00 e. The third-order valence-electron chi connectivity index (χ3n) is 4.38. The molecular weight excluding hydrogens is 583 g/mol. The molecule has 0 spiro atoms. The smallest absolute Gasteiger partial charge is 1.00 e. The fourth-order valence-electron chi connectivity index (χ4n) is 2.85. The first kappa shape index (κ1) is 27.6. The van der Waals surface area contributed by atoms with E-state index in [4.69, 9.17) is 0 Å². The summed E-state index contributed by atoms with van der Waals surface area (Å²) in [5.74, 6) is 0. The van der Waals surface area contributed by atoms with Crippen molar-refractivity contribution in [1.82, 2.24) is 0 Å². The van der Waals surface area contributed by atoms with Gasteiger partial charge in [0, 0.05) is 0 Å². The third-order valence-corrected chi connectivity index (χ3v) is 9.51. The molecule has 0 aliphatic heterocycles. The van der Waals surface area contributed by atoms with Crippen molar-refractivity contribution >= 4 is 31.8 Å². The van der Waals surface area contributed by atoms with Crippen LogP contribution in [0.15, 0.2) is 91.0 Å². The summed E-state index contributed by atoms with van der Waals surface area (Å²) in [6.07, 6.45) is 4.26. The first-order chi connectivity index (χ1) is 12.8. The van der Waals surface area contributed by atoms with Crippen LogP contribution in [0, 0.1) is 0 Å². The van der Waals surface area contributed by atoms with E-state index in [-0.39, 0.29) is 34.8 Å². The number of hydrogen-bond acceptors (Lipinski definition) is 0. The second-order valence-electron chi connectivity index (χ2n) is 5.96. The van der Waals surface area contributed by atoms with Gasteiger partial charge in [0.1, 0.15) is 0 Å². The normalized spacial score (nSPS) is 9.75. The molecule has 3 aromatic rings. The molecule has 0 heterocycles. The molecule has 0 radical (unpaired) electrons. The molecule has 28 heavy (non-hydrogen) atoms. The first-order valence-corrected chi connectivity index (χ1v) is 12.7. The molecule has 4 heteroatoms. The van der Waals surface area contributed by atoms with Crippen LogP contribution in [0.2, 0.25) is 0 Å². The molecule has 3 rings (SSSR count). The van der Waals surface area contributed by atoms with E-state index in [0.717, 1.165) is 0 Å². The van der Waals surface area contributed by atoms with Crippen LogP contribution in [0.4, 0.5) is 0 Å². The number of halogens is 1. The quantitative estimate of drug-likeness (QED) is 0.297. The minimum Gasteiger partial charge on any atom is -1.00 e. The molecule has 0 fully saturated rings. The molecule has 0 atom stereocenters. The second-order valence-corrected chi connectivity index (χ2v) is 11.4. The van der Waals surface area contributed by atoms with Crippen molar-refractivity contribution in [1.29, 1.82) is 0 Å². The van der Waals surface area contributed by atoms with Crippen LogP contribution in [-0.2, 0) is 22.4 Å².